The summed E-state index contributed by atoms with van der Waals surface area (Å²) in [5.41, 5.74) is 4.14. The first-order valence-electron chi connectivity index (χ1n) is 8.56. The van der Waals surface area contributed by atoms with Gasteiger partial charge in [-0.3, -0.25) is 5.10 Å². The van der Waals surface area contributed by atoms with Crippen molar-refractivity contribution in [3.8, 4) is 0 Å². The molecular weight excluding hydrogens is 309 g/mol. The Balaban J connectivity index is 1.47. The van der Waals surface area contributed by atoms with Crippen molar-refractivity contribution in [1.82, 2.24) is 25.7 Å². The Hall–Kier alpha value is -2.31. The van der Waals surface area contributed by atoms with Crippen molar-refractivity contribution in [2.24, 2.45) is 0 Å². The van der Waals surface area contributed by atoms with Gasteiger partial charge < -0.3 is 15.5 Å². The van der Waals surface area contributed by atoms with E-state index in [0.717, 1.165) is 23.4 Å². The van der Waals surface area contributed by atoms with Crippen molar-refractivity contribution in [1.29, 1.82) is 0 Å². The average molecular weight is 331 g/mol. The fraction of sp³-hybridized carbons (Fsp3) is 0.529. The summed E-state index contributed by atoms with van der Waals surface area (Å²) in [6, 6.07) is -0.252. The second-order valence-corrected chi connectivity index (χ2v) is 6.73. The summed E-state index contributed by atoms with van der Waals surface area (Å²) < 4.78 is 14.1. The van der Waals surface area contributed by atoms with Crippen LogP contribution in [0.1, 0.15) is 49.1 Å². The minimum absolute atomic E-state index is 0.252. The molecule has 1 aromatic heterocycles. The number of nitrogens with zero attached hydrogens (tertiary/aromatic N) is 2. The Morgan fingerprint density at radius 3 is 3.04 bits per heavy atom. The van der Waals surface area contributed by atoms with Gasteiger partial charge in [0.25, 0.3) is 0 Å². The van der Waals surface area contributed by atoms with Crippen LogP contribution in [0.2, 0.25) is 0 Å². The molecular formula is C17H22FN5O. The quantitative estimate of drug-likeness (QED) is 0.779. The molecule has 3 heterocycles. The number of carbonyl (C=O) groups is 1. The number of urea groups is 1. The lowest BCUT2D eigenvalue weighted by Crippen LogP contribution is -2.43. The molecule has 1 fully saturated rings. The number of aromatic nitrogens is 2. The van der Waals surface area contributed by atoms with E-state index in [0.29, 0.717) is 31.2 Å². The highest BCUT2D eigenvalue weighted by Gasteiger charge is 2.31. The number of amides is 2. The molecule has 128 valence electrons. The molecule has 1 aromatic rings. The minimum Gasteiger partial charge on any atom is -0.383 e. The van der Waals surface area contributed by atoms with Crippen LogP contribution in [0.15, 0.2) is 23.3 Å². The van der Waals surface area contributed by atoms with Crippen LogP contribution in [0.5, 0.6) is 0 Å². The summed E-state index contributed by atoms with van der Waals surface area (Å²) in [6.07, 6.45) is 6.04. The molecule has 3 N–H and O–H groups in total. The van der Waals surface area contributed by atoms with Gasteiger partial charge in [0, 0.05) is 42.4 Å². The van der Waals surface area contributed by atoms with Crippen LogP contribution in [-0.2, 0) is 13.0 Å². The lowest BCUT2D eigenvalue weighted by atomic mass is 9.81. The summed E-state index contributed by atoms with van der Waals surface area (Å²) in [5.74, 6) is 0.133. The first-order valence-corrected chi connectivity index (χ1v) is 8.56. The Morgan fingerprint density at radius 2 is 2.29 bits per heavy atom. The van der Waals surface area contributed by atoms with Crippen molar-refractivity contribution in [2.75, 3.05) is 13.1 Å². The van der Waals surface area contributed by atoms with Crippen molar-refractivity contribution in [3.05, 3.63) is 40.2 Å². The largest absolute Gasteiger partial charge is 0.383 e. The molecule has 4 rings (SSSR count). The van der Waals surface area contributed by atoms with Crippen LogP contribution in [-0.4, -0.2) is 34.2 Å². The zero-order valence-corrected chi connectivity index (χ0v) is 13.8. The molecule has 3 aliphatic rings. The fourth-order valence-electron chi connectivity index (χ4n) is 3.49. The second-order valence-electron chi connectivity index (χ2n) is 6.73. The van der Waals surface area contributed by atoms with E-state index in [1.807, 2.05) is 0 Å². The third kappa shape index (κ3) is 2.57. The summed E-state index contributed by atoms with van der Waals surface area (Å²) in [6.45, 7) is 3.34. The third-order valence-corrected chi connectivity index (χ3v) is 5.23. The van der Waals surface area contributed by atoms with Gasteiger partial charge in [0.05, 0.1) is 17.9 Å². The van der Waals surface area contributed by atoms with Gasteiger partial charge in [-0.25, -0.2) is 9.18 Å². The van der Waals surface area contributed by atoms with E-state index in [1.165, 1.54) is 19.3 Å². The number of allylic oxidation sites excluding steroid dienone is 2. The Labute approximate surface area is 140 Å². The smallest absolute Gasteiger partial charge is 0.322 e. The second kappa shape index (κ2) is 5.96. The lowest BCUT2D eigenvalue weighted by Gasteiger charge is -2.30. The summed E-state index contributed by atoms with van der Waals surface area (Å²) >= 11 is 0. The van der Waals surface area contributed by atoms with Crippen molar-refractivity contribution < 1.29 is 9.18 Å². The highest BCUT2D eigenvalue weighted by atomic mass is 19.1. The normalized spacial score (nSPS) is 20.9. The predicted octanol–water partition coefficient (Wildman–Crippen LogP) is 2.43. The fourth-order valence-corrected chi connectivity index (χ4v) is 3.49. The molecule has 24 heavy (non-hydrogen) atoms. The van der Waals surface area contributed by atoms with Crippen molar-refractivity contribution >= 4 is 6.03 Å². The van der Waals surface area contributed by atoms with Gasteiger partial charge >= 0.3 is 6.03 Å². The molecule has 0 radical (unpaired) electrons. The van der Waals surface area contributed by atoms with Gasteiger partial charge in [0.1, 0.15) is 0 Å². The number of halogens is 1. The third-order valence-electron chi connectivity index (χ3n) is 5.23. The molecule has 0 unspecified atom stereocenters. The van der Waals surface area contributed by atoms with Crippen LogP contribution in [0.3, 0.4) is 0 Å². The Kier molecular flexibility index (Phi) is 3.78. The van der Waals surface area contributed by atoms with Crippen molar-refractivity contribution in [2.45, 2.75) is 45.1 Å². The molecule has 7 heteroatoms. The number of fused-ring (bicyclic) bond motifs is 1. The van der Waals surface area contributed by atoms with E-state index in [2.05, 4.69) is 20.8 Å². The van der Waals surface area contributed by atoms with Crippen molar-refractivity contribution in [3.63, 3.8) is 0 Å². The first-order chi connectivity index (χ1) is 11.6. The molecule has 0 saturated heterocycles. The lowest BCUT2D eigenvalue weighted by molar-refractivity contribution is 0.194. The maximum Gasteiger partial charge on any atom is 0.322 e. The maximum absolute atomic E-state index is 14.1. The van der Waals surface area contributed by atoms with E-state index in [4.69, 9.17) is 0 Å². The molecule has 2 amide bonds. The average Bonchev–Trinajstić information content (AvgIpc) is 2.93. The number of H-pyrrole nitrogens is 1. The SMILES string of the molecule is CC1=C(F)C(NC(=O)N2CCc3[nH]nc(C4CCC4)c3C2)=CCN1. The monoisotopic (exact) mass is 331 g/mol. The molecule has 0 atom stereocenters. The van der Waals surface area contributed by atoms with E-state index in [9.17, 15) is 9.18 Å². The standard InChI is InChI=1S/C17H22FN5O/c1-10-15(18)14(5-7-19-10)20-17(24)23-8-6-13-12(9-23)16(22-21-13)11-3-2-4-11/h5,11,19H,2-4,6-9H2,1H3,(H,20,24)(H,21,22). The number of rotatable bonds is 2. The zero-order chi connectivity index (χ0) is 16.7. The minimum atomic E-state index is -0.397. The van der Waals surface area contributed by atoms with Gasteiger partial charge in [-0.05, 0) is 25.8 Å². The van der Waals surface area contributed by atoms with Crippen LogP contribution in [0, 0.1) is 0 Å². The van der Waals surface area contributed by atoms with Crippen LogP contribution in [0.25, 0.3) is 0 Å². The van der Waals surface area contributed by atoms with Crippen LogP contribution < -0.4 is 10.6 Å². The molecule has 1 aliphatic carbocycles. The number of hydrogen-bond donors (Lipinski definition) is 3. The number of nitrogens with one attached hydrogen (secondary N) is 3. The Bertz CT molecular complexity index is 731. The number of dihydropyridines is 1. The first kappa shape index (κ1) is 15.2. The number of hydrogen-bond acceptors (Lipinski definition) is 3. The van der Waals surface area contributed by atoms with Gasteiger partial charge in [0.2, 0.25) is 0 Å². The predicted molar refractivity (Wildman–Crippen MR) is 87.7 cm³/mol. The van der Waals surface area contributed by atoms with Gasteiger partial charge in [-0.15, -0.1) is 0 Å². The zero-order valence-electron chi connectivity index (χ0n) is 13.8. The highest BCUT2D eigenvalue weighted by Crippen LogP contribution is 2.38. The molecule has 2 aliphatic heterocycles. The summed E-state index contributed by atoms with van der Waals surface area (Å²) in [4.78, 5) is 14.3. The molecule has 0 aromatic carbocycles. The van der Waals surface area contributed by atoms with Gasteiger partial charge in [-0.2, -0.15) is 5.10 Å². The maximum atomic E-state index is 14.1. The molecule has 6 nitrogen and oxygen atoms in total. The van der Waals surface area contributed by atoms with E-state index >= 15 is 0 Å². The molecule has 0 bridgehead atoms. The number of carbonyl (C=O) groups excluding carboxylic acids is 1. The Morgan fingerprint density at radius 1 is 1.46 bits per heavy atom. The van der Waals surface area contributed by atoms with Crippen LogP contribution in [0.4, 0.5) is 9.18 Å². The van der Waals surface area contributed by atoms with E-state index in [-0.39, 0.29) is 11.7 Å². The topological polar surface area (TPSA) is 73.0 Å². The number of aromatic amines is 1. The van der Waals surface area contributed by atoms with Gasteiger partial charge in [-0.1, -0.05) is 6.42 Å². The molecule has 1 saturated carbocycles. The summed E-state index contributed by atoms with van der Waals surface area (Å²) in [7, 11) is 0. The highest BCUT2D eigenvalue weighted by molar-refractivity contribution is 5.77. The molecule has 0 spiro atoms. The summed E-state index contributed by atoms with van der Waals surface area (Å²) in [5, 5.41) is 13.2. The van der Waals surface area contributed by atoms with E-state index in [1.54, 1.807) is 17.9 Å². The van der Waals surface area contributed by atoms with Crippen LogP contribution >= 0.6 is 0 Å². The van der Waals surface area contributed by atoms with Gasteiger partial charge in [0.15, 0.2) is 5.83 Å². The van der Waals surface area contributed by atoms with E-state index < -0.39 is 5.83 Å².